The van der Waals surface area contributed by atoms with E-state index in [0.717, 1.165) is 5.56 Å². The topological polar surface area (TPSA) is 86.2 Å². The van der Waals surface area contributed by atoms with Gasteiger partial charge in [-0.25, -0.2) is 8.42 Å². The lowest BCUT2D eigenvalue weighted by molar-refractivity contribution is 0.598. The zero-order valence-corrected chi connectivity index (χ0v) is 7.76. The van der Waals surface area contributed by atoms with Crippen molar-refractivity contribution in [3.05, 3.63) is 23.3 Å². The fraction of sp³-hybridized carbons (Fsp3) is 0.250. The molecule has 1 aromatic carbocycles. The molecule has 2 rings (SSSR count). The minimum atomic E-state index is -2.98. The summed E-state index contributed by atoms with van der Waals surface area (Å²) in [6.07, 6.45) is 0. The van der Waals surface area contributed by atoms with Gasteiger partial charge in [0, 0.05) is 0 Å². The van der Waals surface area contributed by atoms with Gasteiger partial charge in [0.1, 0.15) is 0 Å². The van der Waals surface area contributed by atoms with E-state index in [-0.39, 0.29) is 11.5 Å². The molecular formula is C8H10N2O2S. The molecule has 0 spiro atoms. The molecule has 0 aliphatic carbocycles. The van der Waals surface area contributed by atoms with Crippen LogP contribution in [0.2, 0.25) is 0 Å². The Morgan fingerprint density at radius 3 is 2.54 bits per heavy atom. The molecule has 0 atom stereocenters. The summed E-state index contributed by atoms with van der Waals surface area (Å²) in [4.78, 5) is 0. The van der Waals surface area contributed by atoms with Crippen molar-refractivity contribution in [2.24, 2.45) is 0 Å². The molecule has 0 amide bonds. The number of hydrogen-bond acceptors (Lipinski definition) is 4. The van der Waals surface area contributed by atoms with Gasteiger partial charge in [-0.1, -0.05) is 6.07 Å². The predicted molar refractivity (Wildman–Crippen MR) is 51.6 cm³/mol. The van der Waals surface area contributed by atoms with Gasteiger partial charge in [-0.2, -0.15) is 0 Å². The summed E-state index contributed by atoms with van der Waals surface area (Å²) in [6, 6.07) is 3.38. The number of benzene rings is 1. The fourth-order valence-corrected chi connectivity index (χ4v) is 3.17. The first-order valence-electron chi connectivity index (χ1n) is 3.86. The molecule has 0 radical (unpaired) electrons. The lowest BCUT2D eigenvalue weighted by Gasteiger charge is -2.04. The molecule has 5 heteroatoms. The molecule has 0 bridgehead atoms. The minimum absolute atomic E-state index is 0.0270. The summed E-state index contributed by atoms with van der Waals surface area (Å²) in [6.45, 7) is 0. The Labute approximate surface area is 76.5 Å². The second-order valence-corrected chi connectivity index (χ2v) is 5.30. The standard InChI is InChI=1S/C8H10N2O2S/c9-7-2-1-5-3-13(11,12)4-6(5)8(7)10/h1-2H,3-4,9-10H2. The number of sulfone groups is 1. The molecule has 0 fully saturated rings. The highest BCUT2D eigenvalue weighted by Crippen LogP contribution is 2.32. The maximum atomic E-state index is 11.3. The van der Waals surface area contributed by atoms with Crippen molar-refractivity contribution in [3.63, 3.8) is 0 Å². The number of nitrogens with two attached hydrogens (primary N) is 2. The van der Waals surface area contributed by atoms with Crippen LogP contribution in [0.25, 0.3) is 0 Å². The van der Waals surface area contributed by atoms with Crippen molar-refractivity contribution in [1.29, 1.82) is 0 Å². The maximum Gasteiger partial charge on any atom is 0.158 e. The van der Waals surface area contributed by atoms with Gasteiger partial charge in [-0.3, -0.25) is 0 Å². The highest BCUT2D eigenvalue weighted by molar-refractivity contribution is 7.90. The van der Waals surface area contributed by atoms with E-state index in [2.05, 4.69) is 0 Å². The van der Waals surface area contributed by atoms with Crippen LogP contribution in [0.4, 0.5) is 11.4 Å². The van der Waals surface area contributed by atoms with Crippen LogP contribution in [-0.2, 0) is 21.3 Å². The highest BCUT2D eigenvalue weighted by atomic mass is 32.2. The number of nitrogen functional groups attached to an aromatic ring is 2. The molecular weight excluding hydrogens is 188 g/mol. The molecule has 1 aromatic rings. The van der Waals surface area contributed by atoms with Gasteiger partial charge in [0.15, 0.2) is 9.84 Å². The minimum Gasteiger partial charge on any atom is -0.397 e. The van der Waals surface area contributed by atoms with Crippen molar-refractivity contribution in [2.75, 3.05) is 11.5 Å². The summed E-state index contributed by atoms with van der Waals surface area (Å²) < 4.78 is 22.5. The largest absolute Gasteiger partial charge is 0.397 e. The van der Waals surface area contributed by atoms with Gasteiger partial charge < -0.3 is 11.5 Å². The SMILES string of the molecule is Nc1ccc2c(c1N)CS(=O)(=O)C2. The van der Waals surface area contributed by atoms with Crippen LogP contribution in [-0.4, -0.2) is 8.42 Å². The molecule has 1 aliphatic heterocycles. The van der Waals surface area contributed by atoms with Gasteiger partial charge in [0.2, 0.25) is 0 Å². The van der Waals surface area contributed by atoms with Crippen LogP contribution in [0.3, 0.4) is 0 Å². The molecule has 70 valence electrons. The molecule has 1 heterocycles. The maximum absolute atomic E-state index is 11.3. The highest BCUT2D eigenvalue weighted by Gasteiger charge is 2.26. The number of hydrogen-bond donors (Lipinski definition) is 2. The third kappa shape index (κ3) is 1.25. The third-order valence-electron chi connectivity index (χ3n) is 2.23. The molecule has 0 aromatic heterocycles. The molecule has 0 saturated heterocycles. The third-order valence-corrected chi connectivity index (χ3v) is 3.71. The van der Waals surface area contributed by atoms with Crippen LogP contribution in [0, 0.1) is 0 Å². The van der Waals surface area contributed by atoms with Crippen LogP contribution in [0.5, 0.6) is 0 Å². The number of anilines is 2. The number of fused-ring (bicyclic) bond motifs is 1. The van der Waals surface area contributed by atoms with Crippen molar-refractivity contribution in [1.82, 2.24) is 0 Å². The van der Waals surface area contributed by atoms with Crippen molar-refractivity contribution in [2.45, 2.75) is 11.5 Å². The monoisotopic (exact) mass is 198 g/mol. The van der Waals surface area contributed by atoms with E-state index in [0.29, 0.717) is 16.9 Å². The second kappa shape index (κ2) is 2.38. The Hall–Kier alpha value is -1.23. The van der Waals surface area contributed by atoms with Gasteiger partial charge in [-0.05, 0) is 17.2 Å². The average Bonchev–Trinajstić information content (AvgIpc) is 2.34. The lowest BCUT2D eigenvalue weighted by atomic mass is 10.1. The van der Waals surface area contributed by atoms with Crippen molar-refractivity contribution < 1.29 is 8.42 Å². The van der Waals surface area contributed by atoms with Gasteiger partial charge >= 0.3 is 0 Å². The predicted octanol–water partition coefficient (Wildman–Crippen LogP) is 0.279. The van der Waals surface area contributed by atoms with Gasteiger partial charge in [-0.15, -0.1) is 0 Å². The summed E-state index contributed by atoms with van der Waals surface area (Å²) in [7, 11) is -2.98. The average molecular weight is 198 g/mol. The first-order chi connectivity index (χ1) is 5.99. The molecule has 4 N–H and O–H groups in total. The van der Waals surface area contributed by atoms with E-state index < -0.39 is 9.84 Å². The van der Waals surface area contributed by atoms with E-state index in [1.165, 1.54) is 0 Å². The van der Waals surface area contributed by atoms with Crippen LogP contribution < -0.4 is 11.5 Å². The Morgan fingerprint density at radius 1 is 1.15 bits per heavy atom. The normalized spacial score (nSPS) is 18.5. The Bertz CT molecular complexity index is 465. The second-order valence-electron chi connectivity index (χ2n) is 3.24. The quantitative estimate of drug-likeness (QED) is 0.586. The molecule has 4 nitrogen and oxygen atoms in total. The van der Waals surface area contributed by atoms with Crippen LogP contribution >= 0.6 is 0 Å². The Kier molecular flexibility index (Phi) is 1.53. The van der Waals surface area contributed by atoms with E-state index in [4.69, 9.17) is 11.5 Å². The van der Waals surface area contributed by atoms with Crippen molar-refractivity contribution >= 4 is 21.2 Å². The van der Waals surface area contributed by atoms with E-state index in [1.807, 2.05) is 0 Å². The molecule has 1 aliphatic rings. The first kappa shape index (κ1) is 8.37. The molecule has 0 saturated carbocycles. The smallest absolute Gasteiger partial charge is 0.158 e. The lowest BCUT2D eigenvalue weighted by Crippen LogP contribution is -2.00. The summed E-state index contributed by atoms with van der Waals surface area (Å²) >= 11 is 0. The zero-order chi connectivity index (χ0) is 9.64. The van der Waals surface area contributed by atoms with Crippen LogP contribution in [0.15, 0.2) is 12.1 Å². The summed E-state index contributed by atoms with van der Waals surface area (Å²) in [5.41, 5.74) is 13.6. The summed E-state index contributed by atoms with van der Waals surface area (Å²) in [5, 5.41) is 0. The van der Waals surface area contributed by atoms with E-state index in [9.17, 15) is 8.42 Å². The first-order valence-corrected chi connectivity index (χ1v) is 5.68. The Morgan fingerprint density at radius 2 is 1.85 bits per heavy atom. The summed E-state index contributed by atoms with van der Waals surface area (Å²) in [5.74, 6) is 0.117. The van der Waals surface area contributed by atoms with E-state index >= 15 is 0 Å². The molecule has 0 unspecified atom stereocenters. The van der Waals surface area contributed by atoms with Gasteiger partial charge in [0.05, 0.1) is 22.9 Å². The zero-order valence-electron chi connectivity index (χ0n) is 6.95. The number of rotatable bonds is 0. The van der Waals surface area contributed by atoms with Crippen LogP contribution in [0.1, 0.15) is 11.1 Å². The van der Waals surface area contributed by atoms with Crippen molar-refractivity contribution in [3.8, 4) is 0 Å². The molecule has 13 heavy (non-hydrogen) atoms. The Balaban J connectivity index is 2.65. The van der Waals surface area contributed by atoms with E-state index in [1.54, 1.807) is 12.1 Å². The fourth-order valence-electron chi connectivity index (χ4n) is 1.54. The van der Waals surface area contributed by atoms with Gasteiger partial charge in [0.25, 0.3) is 0 Å².